The van der Waals surface area contributed by atoms with Crippen LogP contribution in [0.5, 0.6) is 0 Å². The third-order valence-electron chi connectivity index (χ3n) is 4.15. The van der Waals surface area contributed by atoms with Gasteiger partial charge in [0.15, 0.2) is 0 Å². The number of allylic oxidation sites excluding steroid dienone is 12. The van der Waals surface area contributed by atoms with Gasteiger partial charge in [0.05, 0.1) is 0 Å². The fraction of sp³-hybridized carbons (Fsp3) is 0.500. The molecule has 0 aromatic heterocycles. The van der Waals surface area contributed by atoms with E-state index in [2.05, 4.69) is 92.1 Å². The molecule has 1 amide bonds. The summed E-state index contributed by atoms with van der Waals surface area (Å²) in [5.74, 6) is 0.147. The predicted octanol–water partition coefficient (Wildman–Crippen LogP) is 7.38. The van der Waals surface area contributed by atoms with Crippen LogP contribution in [0.4, 0.5) is 0 Å². The average molecular weight is 384 g/mol. The van der Waals surface area contributed by atoms with Crippen molar-refractivity contribution in [2.24, 2.45) is 0 Å². The fourth-order valence-corrected chi connectivity index (χ4v) is 2.30. The zero-order chi connectivity index (χ0) is 20.7. The summed E-state index contributed by atoms with van der Waals surface area (Å²) in [4.78, 5) is 11.6. The van der Waals surface area contributed by atoms with Gasteiger partial charge in [0.2, 0.25) is 5.91 Å². The van der Waals surface area contributed by atoms with Crippen LogP contribution in [0, 0.1) is 0 Å². The number of hydrogen-bond donors (Lipinski definition) is 1. The van der Waals surface area contributed by atoms with Crippen LogP contribution in [0.25, 0.3) is 0 Å². The normalized spacial score (nSPS) is 14.0. The molecule has 0 aliphatic heterocycles. The number of hydrogen-bond acceptors (Lipinski definition) is 1. The molecule has 2 nitrogen and oxygen atoms in total. The maximum atomic E-state index is 11.6. The van der Waals surface area contributed by atoms with Gasteiger partial charge in [0, 0.05) is 12.5 Å². The van der Waals surface area contributed by atoms with E-state index in [1.165, 1.54) is 0 Å². The second-order valence-electron chi connectivity index (χ2n) is 6.83. The SMILES string of the molecule is CCC=CCC=CCC=CCC=CCC=CCC=CCCC(=O)NC(C)CC. The molecule has 0 fully saturated rings. The quantitative estimate of drug-likeness (QED) is 0.277. The summed E-state index contributed by atoms with van der Waals surface area (Å²) < 4.78 is 0. The number of rotatable bonds is 16. The average Bonchev–Trinajstić information content (AvgIpc) is 2.69. The molecule has 156 valence electrons. The second kappa shape index (κ2) is 21.2. The Kier molecular flexibility index (Phi) is 19.6. The highest BCUT2D eigenvalue weighted by atomic mass is 16.1. The summed E-state index contributed by atoms with van der Waals surface area (Å²) in [6.07, 6.45) is 34.7. The molecule has 0 aromatic rings. The van der Waals surface area contributed by atoms with Crippen molar-refractivity contribution in [3.8, 4) is 0 Å². The van der Waals surface area contributed by atoms with E-state index in [-0.39, 0.29) is 11.9 Å². The Morgan fingerprint density at radius 1 is 0.679 bits per heavy atom. The minimum absolute atomic E-state index is 0.147. The van der Waals surface area contributed by atoms with Crippen molar-refractivity contribution < 1.29 is 4.79 Å². The van der Waals surface area contributed by atoms with E-state index in [0.29, 0.717) is 6.42 Å². The van der Waals surface area contributed by atoms with Gasteiger partial charge in [0.1, 0.15) is 0 Å². The number of carbonyl (C=O) groups excluding carboxylic acids is 1. The lowest BCUT2D eigenvalue weighted by atomic mass is 10.2. The lowest BCUT2D eigenvalue weighted by Crippen LogP contribution is -2.31. The van der Waals surface area contributed by atoms with Crippen molar-refractivity contribution in [1.29, 1.82) is 0 Å². The van der Waals surface area contributed by atoms with Gasteiger partial charge in [-0.2, -0.15) is 0 Å². The van der Waals surface area contributed by atoms with E-state index in [1.807, 2.05) is 6.92 Å². The van der Waals surface area contributed by atoms with Crippen LogP contribution in [-0.4, -0.2) is 11.9 Å². The molecule has 0 saturated carbocycles. The van der Waals surface area contributed by atoms with E-state index in [1.54, 1.807) is 0 Å². The van der Waals surface area contributed by atoms with Gasteiger partial charge in [-0.25, -0.2) is 0 Å². The van der Waals surface area contributed by atoms with Gasteiger partial charge in [-0.15, -0.1) is 0 Å². The van der Waals surface area contributed by atoms with Crippen molar-refractivity contribution in [2.75, 3.05) is 0 Å². The smallest absolute Gasteiger partial charge is 0.220 e. The largest absolute Gasteiger partial charge is 0.354 e. The molecular weight excluding hydrogens is 342 g/mol. The van der Waals surface area contributed by atoms with Crippen LogP contribution < -0.4 is 5.32 Å². The first-order valence-electron chi connectivity index (χ1n) is 10.9. The molecule has 0 spiro atoms. The maximum Gasteiger partial charge on any atom is 0.220 e. The third kappa shape index (κ3) is 20.2. The highest BCUT2D eigenvalue weighted by molar-refractivity contribution is 5.76. The van der Waals surface area contributed by atoms with Crippen molar-refractivity contribution in [2.45, 2.75) is 84.6 Å². The standard InChI is InChI=1S/C26H41NO/c1-4-6-7-8-9-10-11-12-13-14-15-16-17-18-19-20-21-22-23-24-26(28)27-25(3)5-2/h6-7,9-10,12-13,15-16,18-19,21-22,25H,4-5,8,11,14,17,20,23-24H2,1-3H3,(H,27,28). The molecule has 2 heteroatoms. The Labute approximate surface area is 173 Å². The van der Waals surface area contributed by atoms with Crippen molar-refractivity contribution in [1.82, 2.24) is 5.32 Å². The van der Waals surface area contributed by atoms with Gasteiger partial charge in [-0.05, 0) is 58.3 Å². The molecular formula is C26H41NO. The molecule has 1 N–H and O–H groups in total. The lowest BCUT2D eigenvalue weighted by molar-refractivity contribution is -0.121. The molecule has 1 unspecified atom stereocenters. The van der Waals surface area contributed by atoms with Gasteiger partial charge in [0.25, 0.3) is 0 Å². The van der Waals surface area contributed by atoms with E-state index < -0.39 is 0 Å². The van der Waals surface area contributed by atoms with Gasteiger partial charge in [-0.1, -0.05) is 86.8 Å². The molecule has 0 heterocycles. The Balaban J connectivity index is 3.59. The van der Waals surface area contributed by atoms with Crippen LogP contribution >= 0.6 is 0 Å². The van der Waals surface area contributed by atoms with E-state index in [4.69, 9.17) is 0 Å². The Morgan fingerprint density at radius 3 is 1.46 bits per heavy atom. The van der Waals surface area contributed by atoms with E-state index in [0.717, 1.165) is 51.4 Å². The second-order valence-corrected chi connectivity index (χ2v) is 6.83. The topological polar surface area (TPSA) is 29.1 Å². The van der Waals surface area contributed by atoms with Crippen LogP contribution in [-0.2, 0) is 4.79 Å². The summed E-state index contributed by atoms with van der Waals surface area (Å²) in [7, 11) is 0. The van der Waals surface area contributed by atoms with Crippen LogP contribution in [0.3, 0.4) is 0 Å². The van der Waals surface area contributed by atoms with E-state index in [9.17, 15) is 4.79 Å². The Bertz CT molecular complexity index is 535. The van der Waals surface area contributed by atoms with Gasteiger partial charge < -0.3 is 5.32 Å². The number of nitrogens with one attached hydrogen (secondary N) is 1. The molecule has 0 radical (unpaired) electrons. The summed E-state index contributed by atoms with van der Waals surface area (Å²) in [5, 5.41) is 2.98. The summed E-state index contributed by atoms with van der Waals surface area (Å²) in [6.45, 7) is 6.27. The Morgan fingerprint density at radius 2 is 1.07 bits per heavy atom. The van der Waals surface area contributed by atoms with Gasteiger partial charge in [-0.3, -0.25) is 4.79 Å². The molecule has 1 atom stereocenters. The minimum Gasteiger partial charge on any atom is -0.354 e. The summed E-state index contributed by atoms with van der Waals surface area (Å²) in [6, 6.07) is 0.276. The molecule has 0 saturated heterocycles. The van der Waals surface area contributed by atoms with Crippen molar-refractivity contribution >= 4 is 5.91 Å². The van der Waals surface area contributed by atoms with Gasteiger partial charge >= 0.3 is 0 Å². The summed E-state index contributed by atoms with van der Waals surface area (Å²) in [5.41, 5.74) is 0. The first-order chi connectivity index (χ1) is 13.7. The van der Waals surface area contributed by atoms with Crippen molar-refractivity contribution in [3.63, 3.8) is 0 Å². The molecule has 0 bridgehead atoms. The van der Waals surface area contributed by atoms with Crippen molar-refractivity contribution in [3.05, 3.63) is 72.9 Å². The molecule has 28 heavy (non-hydrogen) atoms. The first kappa shape index (κ1) is 25.9. The lowest BCUT2D eigenvalue weighted by Gasteiger charge is -2.10. The number of carbonyl (C=O) groups is 1. The molecule has 0 rings (SSSR count). The molecule has 0 aliphatic rings. The first-order valence-corrected chi connectivity index (χ1v) is 10.9. The Hall–Kier alpha value is -2.09. The minimum atomic E-state index is 0.147. The highest BCUT2D eigenvalue weighted by Crippen LogP contribution is 1.98. The maximum absolute atomic E-state index is 11.6. The van der Waals surface area contributed by atoms with E-state index >= 15 is 0 Å². The molecule has 0 aromatic carbocycles. The monoisotopic (exact) mass is 383 g/mol. The molecule has 0 aliphatic carbocycles. The summed E-state index contributed by atoms with van der Waals surface area (Å²) >= 11 is 0. The third-order valence-corrected chi connectivity index (χ3v) is 4.15. The predicted molar refractivity (Wildman–Crippen MR) is 125 cm³/mol. The zero-order valence-electron chi connectivity index (χ0n) is 18.3. The van der Waals surface area contributed by atoms with Crippen LogP contribution in [0.2, 0.25) is 0 Å². The fourth-order valence-electron chi connectivity index (χ4n) is 2.30. The van der Waals surface area contributed by atoms with Crippen LogP contribution in [0.15, 0.2) is 72.9 Å². The number of amides is 1. The van der Waals surface area contributed by atoms with Crippen LogP contribution in [0.1, 0.15) is 78.6 Å². The zero-order valence-corrected chi connectivity index (χ0v) is 18.3. The highest BCUT2D eigenvalue weighted by Gasteiger charge is 2.02.